The average molecular weight is 355 g/mol. The zero-order chi connectivity index (χ0) is 16.5. The number of hydrogen-bond acceptors (Lipinski definition) is 4. The normalized spacial score (nSPS) is 17.8. The lowest BCUT2D eigenvalue weighted by Crippen LogP contribution is -2.19. The quantitative estimate of drug-likeness (QED) is 0.680. The van der Waals surface area contributed by atoms with E-state index in [4.69, 9.17) is 11.6 Å². The molecule has 2 N–H and O–H groups in total. The number of benzene rings is 2. The molecule has 2 heterocycles. The van der Waals surface area contributed by atoms with Gasteiger partial charge in [-0.15, -0.1) is 0 Å². The lowest BCUT2D eigenvalue weighted by atomic mass is 10.2. The van der Waals surface area contributed by atoms with Crippen LogP contribution in [0.5, 0.6) is 0 Å². The number of hydrogen-bond donors (Lipinski definition) is 2. The van der Waals surface area contributed by atoms with Crippen molar-refractivity contribution in [2.45, 2.75) is 0 Å². The first-order valence-electron chi connectivity index (χ1n) is 7.17. The number of amides is 1. The molecule has 3 aromatic rings. The van der Waals surface area contributed by atoms with Gasteiger partial charge >= 0.3 is 0 Å². The summed E-state index contributed by atoms with van der Waals surface area (Å²) in [7, 11) is 0. The molecule has 0 radical (unpaired) electrons. The summed E-state index contributed by atoms with van der Waals surface area (Å²) in [6.45, 7) is 0. The number of H-pyrrole nitrogens is 1. The Labute approximate surface area is 146 Å². The Morgan fingerprint density at radius 3 is 2.71 bits per heavy atom. The molecular formula is C17H11ClN4OS. The Bertz CT molecular complexity index is 958. The van der Waals surface area contributed by atoms with Gasteiger partial charge in [0.25, 0.3) is 5.91 Å². The number of amidine groups is 1. The Morgan fingerprint density at radius 2 is 1.92 bits per heavy atom. The van der Waals surface area contributed by atoms with Gasteiger partial charge in [-0.05, 0) is 47.7 Å². The lowest BCUT2D eigenvalue weighted by molar-refractivity contribution is -0.115. The molecule has 5 nitrogen and oxygen atoms in total. The van der Waals surface area contributed by atoms with E-state index in [2.05, 4.69) is 20.3 Å². The molecule has 0 saturated carbocycles. The van der Waals surface area contributed by atoms with Crippen molar-refractivity contribution in [2.75, 3.05) is 0 Å². The number of aromatic nitrogens is 2. The first-order valence-corrected chi connectivity index (χ1v) is 8.37. The second-order valence-corrected chi connectivity index (χ2v) is 6.58. The van der Waals surface area contributed by atoms with Crippen molar-refractivity contribution in [3.8, 4) is 0 Å². The van der Waals surface area contributed by atoms with Crippen LogP contribution in [0.2, 0.25) is 5.02 Å². The number of halogens is 1. The summed E-state index contributed by atoms with van der Waals surface area (Å²) in [5, 5.41) is 3.91. The third-order valence-corrected chi connectivity index (χ3v) is 4.56. The molecule has 1 amide bonds. The van der Waals surface area contributed by atoms with Gasteiger partial charge in [0.1, 0.15) is 0 Å². The van der Waals surface area contributed by atoms with E-state index in [1.54, 1.807) is 18.2 Å². The van der Waals surface area contributed by atoms with E-state index in [1.165, 1.54) is 11.8 Å². The van der Waals surface area contributed by atoms with Crippen LogP contribution in [-0.4, -0.2) is 21.0 Å². The van der Waals surface area contributed by atoms with Crippen LogP contribution in [0.15, 0.2) is 58.4 Å². The van der Waals surface area contributed by atoms with E-state index in [-0.39, 0.29) is 5.91 Å². The monoisotopic (exact) mass is 354 g/mol. The fourth-order valence-electron chi connectivity index (χ4n) is 2.28. The van der Waals surface area contributed by atoms with Crippen molar-refractivity contribution < 1.29 is 4.79 Å². The topological polar surface area (TPSA) is 70.1 Å². The predicted molar refractivity (Wildman–Crippen MR) is 98.4 cm³/mol. The fourth-order valence-corrected chi connectivity index (χ4v) is 3.23. The molecule has 1 fully saturated rings. The number of para-hydroxylation sites is 2. The minimum atomic E-state index is -0.176. The molecular weight excluding hydrogens is 344 g/mol. The van der Waals surface area contributed by atoms with Crippen molar-refractivity contribution in [2.24, 2.45) is 4.99 Å². The zero-order valence-corrected chi connectivity index (χ0v) is 13.9. The molecule has 4 rings (SSSR count). The number of imidazole rings is 1. The maximum Gasteiger partial charge on any atom is 0.264 e. The summed E-state index contributed by atoms with van der Waals surface area (Å²) in [5.41, 5.74) is 2.65. The second kappa shape index (κ2) is 6.14. The zero-order valence-electron chi connectivity index (χ0n) is 12.3. The molecule has 0 atom stereocenters. The first-order chi connectivity index (χ1) is 11.7. The van der Waals surface area contributed by atoms with E-state index >= 15 is 0 Å². The van der Waals surface area contributed by atoms with Crippen molar-refractivity contribution in [3.63, 3.8) is 0 Å². The van der Waals surface area contributed by atoms with Crippen LogP contribution in [-0.2, 0) is 4.79 Å². The number of nitrogens with zero attached hydrogens (tertiary/aromatic N) is 2. The fraction of sp³-hybridized carbons (Fsp3) is 0. The van der Waals surface area contributed by atoms with Gasteiger partial charge in [-0.3, -0.25) is 4.79 Å². The Morgan fingerprint density at radius 1 is 1.12 bits per heavy atom. The highest BCUT2D eigenvalue weighted by atomic mass is 35.5. The summed E-state index contributed by atoms with van der Waals surface area (Å²) in [6, 6.07) is 15.0. The summed E-state index contributed by atoms with van der Waals surface area (Å²) < 4.78 is 0. The lowest BCUT2D eigenvalue weighted by Gasteiger charge is -1.95. The Kier molecular flexibility index (Phi) is 3.84. The maximum atomic E-state index is 12.1. The van der Waals surface area contributed by atoms with Gasteiger partial charge in [0.15, 0.2) is 5.17 Å². The Balaban J connectivity index is 1.60. The molecule has 1 aliphatic heterocycles. The molecule has 1 saturated heterocycles. The van der Waals surface area contributed by atoms with Crippen molar-refractivity contribution in [1.82, 2.24) is 15.3 Å². The summed E-state index contributed by atoms with van der Waals surface area (Å²) >= 11 is 7.15. The largest absolute Gasteiger partial charge is 0.322 e. The van der Waals surface area contributed by atoms with Crippen LogP contribution in [0.3, 0.4) is 0 Å². The van der Waals surface area contributed by atoms with Gasteiger partial charge in [-0.2, -0.15) is 4.99 Å². The molecule has 7 heteroatoms. The number of rotatable bonds is 2. The van der Waals surface area contributed by atoms with Crippen molar-refractivity contribution in [3.05, 3.63) is 64.0 Å². The molecule has 0 aliphatic carbocycles. The van der Waals surface area contributed by atoms with Gasteiger partial charge in [-0.25, -0.2) is 4.98 Å². The van der Waals surface area contributed by atoms with Crippen molar-refractivity contribution >= 4 is 57.5 Å². The maximum absolute atomic E-state index is 12.1. The van der Waals surface area contributed by atoms with E-state index < -0.39 is 0 Å². The first kappa shape index (κ1) is 15.0. The van der Waals surface area contributed by atoms with Crippen LogP contribution in [0.4, 0.5) is 5.95 Å². The van der Waals surface area contributed by atoms with Gasteiger partial charge in [0, 0.05) is 5.02 Å². The predicted octanol–water partition coefficient (Wildman–Crippen LogP) is 4.11. The third-order valence-electron chi connectivity index (χ3n) is 3.40. The molecule has 0 spiro atoms. The number of thioether (sulfide) groups is 1. The van der Waals surface area contributed by atoms with E-state index in [0.29, 0.717) is 21.0 Å². The van der Waals surface area contributed by atoms with Gasteiger partial charge in [0.05, 0.1) is 15.9 Å². The minimum absolute atomic E-state index is 0.176. The Hall–Kier alpha value is -2.57. The van der Waals surface area contributed by atoms with Crippen LogP contribution in [0.1, 0.15) is 5.56 Å². The highest BCUT2D eigenvalue weighted by Crippen LogP contribution is 2.28. The van der Waals surface area contributed by atoms with Gasteiger partial charge < -0.3 is 10.3 Å². The molecule has 24 heavy (non-hydrogen) atoms. The van der Waals surface area contributed by atoms with E-state index in [0.717, 1.165) is 16.6 Å². The van der Waals surface area contributed by atoms with Crippen LogP contribution in [0.25, 0.3) is 17.1 Å². The van der Waals surface area contributed by atoms with Gasteiger partial charge in [-0.1, -0.05) is 35.9 Å². The molecule has 2 aromatic carbocycles. The number of carbonyl (C=O) groups excluding carboxylic acids is 1. The third kappa shape index (κ3) is 3.06. The smallest absolute Gasteiger partial charge is 0.264 e. The molecule has 118 valence electrons. The van der Waals surface area contributed by atoms with Crippen LogP contribution in [0, 0.1) is 0 Å². The SMILES string of the molecule is O=C1N/C(=N/c2nc3ccccc3[nH]2)S/C1=C\c1ccc(Cl)cc1. The van der Waals surface area contributed by atoms with Crippen LogP contribution >= 0.6 is 23.4 Å². The molecule has 0 bridgehead atoms. The highest BCUT2D eigenvalue weighted by Gasteiger charge is 2.24. The summed E-state index contributed by atoms with van der Waals surface area (Å²) in [6.07, 6.45) is 1.80. The molecule has 1 aliphatic rings. The highest BCUT2D eigenvalue weighted by molar-refractivity contribution is 8.18. The summed E-state index contributed by atoms with van der Waals surface area (Å²) in [5.74, 6) is 0.288. The average Bonchev–Trinajstić information content (AvgIpc) is 3.12. The van der Waals surface area contributed by atoms with Crippen LogP contribution < -0.4 is 5.32 Å². The standard InChI is InChI=1S/C17H11ClN4OS/c18-11-7-5-10(6-8-11)9-14-15(23)21-17(24-14)22-16-19-12-3-1-2-4-13(12)20-16/h1-9H,(H2,19,20,21,22,23)/b14-9-. The summed E-state index contributed by atoms with van der Waals surface area (Å²) in [4.78, 5) is 24.5. The van der Waals surface area contributed by atoms with Crippen molar-refractivity contribution in [1.29, 1.82) is 0 Å². The van der Waals surface area contributed by atoms with E-state index in [9.17, 15) is 4.79 Å². The molecule has 0 unspecified atom stereocenters. The second-order valence-electron chi connectivity index (χ2n) is 5.11. The number of carbonyl (C=O) groups is 1. The molecule has 1 aromatic heterocycles. The number of nitrogens with one attached hydrogen (secondary N) is 2. The minimum Gasteiger partial charge on any atom is -0.322 e. The van der Waals surface area contributed by atoms with E-state index in [1.807, 2.05) is 36.4 Å². The van der Waals surface area contributed by atoms with Gasteiger partial charge in [0.2, 0.25) is 5.95 Å². The number of aliphatic imine (C=N–C) groups is 1. The number of fused-ring (bicyclic) bond motifs is 1. The number of aromatic amines is 1.